The van der Waals surface area contributed by atoms with Crippen molar-refractivity contribution in [1.82, 2.24) is 4.72 Å². The van der Waals surface area contributed by atoms with Gasteiger partial charge in [0.05, 0.1) is 0 Å². The lowest BCUT2D eigenvalue weighted by Gasteiger charge is -2.09. The van der Waals surface area contributed by atoms with Gasteiger partial charge in [0.15, 0.2) is 0 Å². The lowest BCUT2D eigenvalue weighted by molar-refractivity contribution is 0.553. The van der Waals surface area contributed by atoms with Crippen LogP contribution in [-0.2, 0) is 10.0 Å². The van der Waals surface area contributed by atoms with Crippen LogP contribution in [0, 0.1) is 12.7 Å². The first kappa shape index (κ1) is 15.3. The molecule has 102 valence electrons. The fourth-order valence-electron chi connectivity index (χ4n) is 1.46. The number of nitrogens with two attached hydrogens (primary N) is 1. The van der Waals surface area contributed by atoms with Crippen LogP contribution >= 0.6 is 11.8 Å². The molecule has 0 saturated carbocycles. The Labute approximate surface area is 111 Å². The lowest BCUT2D eigenvalue weighted by atomic mass is 10.2. The van der Waals surface area contributed by atoms with Crippen LogP contribution < -0.4 is 10.5 Å². The van der Waals surface area contributed by atoms with Gasteiger partial charge in [0.25, 0.3) is 0 Å². The molecule has 0 aromatic heterocycles. The van der Waals surface area contributed by atoms with Gasteiger partial charge in [0.1, 0.15) is 10.7 Å². The number of thioether (sulfide) groups is 1. The zero-order valence-electron chi connectivity index (χ0n) is 10.4. The zero-order chi connectivity index (χ0) is 13.8. The molecule has 0 unspecified atom stereocenters. The molecule has 1 aromatic carbocycles. The Morgan fingerprint density at radius 2 is 2.11 bits per heavy atom. The number of hydrogen-bond donors (Lipinski definition) is 2. The molecule has 0 saturated heterocycles. The van der Waals surface area contributed by atoms with Crippen molar-refractivity contribution >= 4 is 27.5 Å². The van der Waals surface area contributed by atoms with E-state index in [1.807, 2.05) is 6.26 Å². The summed E-state index contributed by atoms with van der Waals surface area (Å²) >= 11 is 1.63. The first-order valence-electron chi connectivity index (χ1n) is 5.42. The van der Waals surface area contributed by atoms with Gasteiger partial charge < -0.3 is 5.73 Å². The Morgan fingerprint density at radius 3 is 2.72 bits per heavy atom. The number of halogens is 1. The number of benzene rings is 1. The molecule has 4 nitrogen and oxygen atoms in total. The van der Waals surface area contributed by atoms with Crippen LogP contribution in [0.2, 0.25) is 0 Å². The summed E-state index contributed by atoms with van der Waals surface area (Å²) in [6, 6.07) is 2.54. The van der Waals surface area contributed by atoms with E-state index in [4.69, 9.17) is 5.73 Å². The molecule has 0 spiro atoms. The van der Waals surface area contributed by atoms with E-state index in [0.29, 0.717) is 6.42 Å². The second kappa shape index (κ2) is 6.40. The zero-order valence-corrected chi connectivity index (χ0v) is 12.0. The molecular formula is C11H17FN2O2S2. The topological polar surface area (TPSA) is 72.2 Å². The highest BCUT2D eigenvalue weighted by Crippen LogP contribution is 2.21. The van der Waals surface area contributed by atoms with Crippen LogP contribution in [0.15, 0.2) is 17.0 Å². The maximum atomic E-state index is 13.8. The SMILES string of the molecule is CSCCCNS(=O)(=O)c1cc(N)cc(C)c1F. The summed E-state index contributed by atoms with van der Waals surface area (Å²) in [5, 5.41) is 0. The number of nitrogens with one attached hydrogen (secondary N) is 1. The Bertz CT molecular complexity index is 518. The highest BCUT2D eigenvalue weighted by molar-refractivity contribution is 7.98. The average Bonchev–Trinajstić information content (AvgIpc) is 2.29. The minimum Gasteiger partial charge on any atom is -0.399 e. The van der Waals surface area contributed by atoms with Crippen molar-refractivity contribution in [1.29, 1.82) is 0 Å². The summed E-state index contributed by atoms with van der Waals surface area (Å²) in [4.78, 5) is -0.385. The van der Waals surface area contributed by atoms with Crippen LogP contribution in [-0.4, -0.2) is 27.0 Å². The number of hydrogen-bond acceptors (Lipinski definition) is 4. The quantitative estimate of drug-likeness (QED) is 0.619. The Balaban J connectivity index is 2.91. The van der Waals surface area contributed by atoms with Gasteiger partial charge in [-0.05, 0) is 43.0 Å². The van der Waals surface area contributed by atoms with Crippen molar-refractivity contribution in [2.45, 2.75) is 18.2 Å². The summed E-state index contributed by atoms with van der Waals surface area (Å²) in [5.74, 6) is 0.0996. The molecule has 0 aliphatic rings. The molecular weight excluding hydrogens is 275 g/mol. The molecule has 0 bridgehead atoms. The minimum absolute atomic E-state index is 0.222. The molecule has 0 fully saturated rings. The van der Waals surface area contributed by atoms with Gasteiger partial charge in [-0.1, -0.05) is 0 Å². The lowest BCUT2D eigenvalue weighted by Crippen LogP contribution is -2.26. The van der Waals surface area contributed by atoms with Crippen molar-refractivity contribution in [2.24, 2.45) is 0 Å². The van der Waals surface area contributed by atoms with E-state index in [1.54, 1.807) is 11.8 Å². The van der Waals surface area contributed by atoms with Crippen molar-refractivity contribution in [2.75, 3.05) is 24.3 Å². The smallest absolute Gasteiger partial charge is 0.243 e. The van der Waals surface area contributed by atoms with Crippen molar-refractivity contribution < 1.29 is 12.8 Å². The standard InChI is InChI=1S/C11H17FN2O2S2/c1-8-6-9(13)7-10(11(8)12)18(15,16)14-4-3-5-17-2/h6-7,14H,3-5,13H2,1-2H3. The van der Waals surface area contributed by atoms with E-state index < -0.39 is 15.8 Å². The number of anilines is 1. The number of aryl methyl sites for hydroxylation is 1. The van der Waals surface area contributed by atoms with Crippen molar-refractivity contribution in [3.05, 3.63) is 23.5 Å². The highest BCUT2D eigenvalue weighted by atomic mass is 32.2. The first-order chi connectivity index (χ1) is 8.38. The molecule has 0 amide bonds. The third kappa shape index (κ3) is 3.86. The van der Waals surface area contributed by atoms with E-state index >= 15 is 0 Å². The summed E-state index contributed by atoms with van der Waals surface area (Å²) in [5.41, 5.74) is 6.00. The summed E-state index contributed by atoms with van der Waals surface area (Å²) in [6.45, 7) is 1.77. The average molecular weight is 292 g/mol. The van der Waals surface area contributed by atoms with Crippen LogP contribution in [0.1, 0.15) is 12.0 Å². The Kier molecular flexibility index (Phi) is 5.43. The van der Waals surface area contributed by atoms with Gasteiger partial charge in [-0.3, -0.25) is 0 Å². The predicted octanol–water partition coefficient (Wildman–Crippen LogP) is 1.75. The maximum Gasteiger partial charge on any atom is 0.243 e. The number of nitrogen functional groups attached to an aromatic ring is 1. The molecule has 0 aliphatic carbocycles. The van der Waals surface area contributed by atoms with Crippen LogP contribution in [0.3, 0.4) is 0 Å². The highest BCUT2D eigenvalue weighted by Gasteiger charge is 2.20. The normalized spacial score (nSPS) is 11.7. The van der Waals surface area contributed by atoms with E-state index in [1.165, 1.54) is 13.0 Å². The van der Waals surface area contributed by atoms with Gasteiger partial charge in [0.2, 0.25) is 10.0 Å². The second-order valence-corrected chi connectivity index (χ2v) is 6.62. The van der Waals surface area contributed by atoms with Crippen LogP contribution in [0.25, 0.3) is 0 Å². The van der Waals surface area contributed by atoms with E-state index in [0.717, 1.165) is 11.8 Å². The van der Waals surface area contributed by atoms with E-state index in [2.05, 4.69) is 4.72 Å². The fraction of sp³-hybridized carbons (Fsp3) is 0.455. The molecule has 0 heterocycles. The van der Waals surface area contributed by atoms with Gasteiger partial charge in [0, 0.05) is 12.2 Å². The summed E-state index contributed by atoms with van der Waals surface area (Å²) < 4.78 is 40.0. The van der Waals surface area contributed by atoms with Gasteiger partial charge in [-0.25, -0.2) is 17.5 Å². The Hall–Kier alpha value is -0.790. The van der Waals surface area contributed by atoms with Gasteiger partial charge in [-0.2, -0.15) is 11.8 Å². The predicted molar refractivity (Wildman–Crippen MR) is 73.7 cm³/mol. The van der Waals surface area contributed by atoms with Gasteiger partial charge in [-0.15, -0.1) is 0 Å². The van der Waals surface area contributed by atoms with Crippen LogP contribution in [0.5, 0.6) is 0 Å². The molecule has 0 aliphatic heterocycles. The molecule has 1 aromatic rings. The molecule has 1 rings (SSSR count). The Morgan fingerprint density at radius 1 is 1.44 bits per heavy atom. The number of sulfonamides is 1. The first-order valence-corrected chi connectivity index (χ1v) is 8.30. The molecule has 7 heteroatoms. The second-order valence-electron chi connectivity index (χ2n) is 3.89. The summed E-state index contributed by atoms with van der Waals surface area (Å²) in [7, 11) is -3.83. The van der Waals surface area contributed by atoms with E-state index in [9.17, 15) is 12.8 Å². The van der Waals surface area contributed by atoms with Crippen molar-refractivity contribution in [3.8, 4) is 0 Å². The van der Waals surface area contributed by atoms with Crippen LogP contribution in [0.4, 0.5) is 10.1 Å². The van der Waals surface area contributed by atoms with Crippen molar-refractivity contribution in [3.63, 3.8) is 0 Å². The van der Waals surface area contributed by atoms with Gasteiger partial charge >= 0.3 is 0 Å². The molecule has 18 heavy (non-hydrogen) atoms. The largest absolute Gasteiger partial charge is 0.399 e. The molecule has 0 radical (unpaired) electrons. The fourth-order valence-corrected chi connectivity index (χ4v) is 3.15. The summed E-state index contributed by atoms with van der Waals surface area (Å²) in [6.07, 6.45) is 2.64. The molecule has 3 N–H and O–H groups in total. The molecule has 0 atom stereocenters. The third-order valence-corrected chi connectivity index (χ3v) is 4.51. The number of rotatable bonds is 6. The monoisotopic (exact) mass is 292 g/mol. The third-order valence-electron chi connectivity index (χ3n) is 2.35. The van der Waals surface area contributed by atoms with E-state index in [-0.39, 0.29) is 22.7 Å². The maximum absolute atomic E-state index is 13.8. The minimum atomic E-state index is -3.83.